The smallest absolute Gasteiger partial charge is 0.247 e. The van der Waals surface area contributed by atoms with Gasteiger partial charge in [-0.25, -0.2) is 4.98 Å². The molecule has 3 aliphatic rings. The molecule has 236 valence electrons. The number of para-hydroxylation sites is 2. The van der Waals surface area contributed by atoms with Gasteiger partial charge in [-0.3, -0.25) is 14.5 Å². The summed E-state index contributed by atoms with van der Waals surface area (Å²) in [4.78, 5) is 36.1. The summed E-state index contributed by atoms with van der Waals surface area (Å²) in [6, 6.07) is 21.3. The van der Waals surface area contributed by atoms with E-state index in [1.54, 1.807) is 0 Å². The lowest BCUT2D eigenvalue weighted by Crippen LogP contribution is -2.60. The van der Waals surface area contributed by atoms with E-state index in [9.17, 15) is 9.59 Å². The standard InChI is InChI=1S/C37H51N5O2/c1-26-38-31-14-10-11-15-32(31)42(26)30-24-28-16-17-29(25-30)41(28)23-20-37(27-12-8-7-9-13-27)18-21-40(22-19-37)34(44)36(5,6)39-33(43)35(2,3)4/h7-15,28-30H,16-25H2,1-6H3,(H,39,43)/t28-,29+,30?. The van der Waals surface area contributed by atoms with Crippen LogP contribution in [0.2, 0.25) is 0 Å². The number of hydrogen-bond donors (Lipinski definition) is 1. The molecule has 44 heavy (non-hydrogen) atoms. The number of carbonyl (C=O) groups is 2. The van der Waals surface area contributed by atoms with E-state index >= 15 is 0 Å². The average molecular weight is 598 g/mol. The number of hydrogen-bond acceptors (Lipinski definition) is 4. The first kappa shape index (κ1) is 30.8. The third-order valence-corrected chi connectivity index (χ3v) is 10.9. The van der Waals surface area contributed by atoms with Crippen LogP contribution in [0, 0.1) is 12.3 Å². The summed E-state index contributed by atoms with van der Waals surface area (Å²) >= 11 is 0. The Balaban J connectivity index is 1.14. The van der Waals surface area contributed by atoms with Crippen molar-refractivity contribution in [2.24, 2.45) is 5.41 Å². The Hall–Kier alpha value is -3.19. The molecule has 4 heterocycles. The highest BCUT2D eigenvalue weighted by Crippen LogP contribution is 2.45. The minimum absolute atomic E-state index is 0.0131. The van der Waals surface area contributed by atoms with Crippen LogP contribution in [-0.2, 0) is 15.0 Å². The molecule has 2 bridgehead atoms. The first-order valence-electron chi connectivity index (χ1n) is 16.7. The topological polar surface area (TPSA) is 70.5 Å². The fraction of sp³-hybridized carbons (Fsp3) is 0.595. The van der Waals surface area contributed by atoms with E-state index in [1.165, 1.54) is 36.8 Å². The van der Waals surface area contributed by atoms with Crippen molar-refractivity contribution < 1.29 is 9.59 Å². The second-order valence-electron chi connectivity index (χ2n) is 15.3. The van der Waals surface area contributed by atoms with Gasteiger partial charge < -0.3 is 14.8 Å². The molecule has 3 aliphatic heterocycles. The third-order valence-electron chi connectivity index (χ3n) is 10.9. The average Bonchev–Trinajstić information content (AvgIpc) is 3.46. The minimum Gasteiger partial charge on any atom is -0.342 e. The van der Waals surface area contributed by atoms with Gasteiger partial charge in [0.1, 0.15) is 11.4 Å². The predicted octanol–water partition coefficient (Wildman–Crippen LogP) is 6.40. The van der Waals surface area contributed by atoms with Crippen molar-refractivity contribution in [1.29, 1.82) is 0 Å². The summed E-state index contributed by atoms with van der Waals surface area (Å²) in [7, 11) is 0. The number of aromatic nitrogens is 2. The monoisotopic (exact) mass is 597 g/mol. The Labute approximate surface area is 263 Å². The number of benzene rings is 2. The van der Waals surface area contributed by atoms with Crippen molar-refractivity contribution in [2.75, 3.05) is 19.6 Å². The summed E-state index contributed by atoms with van der Waals surface area (Å²) in [5, 5.41) is 3.01. The zero-order valence-corrected chi connectivity index (χ0v) is 27.6. The maximum atomic E-state index is 13.7. The van der Waals surface area contributed by atoms with Crippen molar-refractivity contribution in [1.82, 2.24) is 24.7 Å². The van der Waals surface area contributed by atoms with Gasteiger partial charge in [-0.1, -0.05) is 63.2 Å². The minimum atomic E-state index is -0.931. The van der Waals surface area contributed by atoms with Gasteiger partial charge in [0, 0.05) is 36.6 Å². The molecular weight excluding hydrogens is 546 g/mol. The number of nitrogens with zero attached hydrogens (tertiary/aromatic N) is 4. The Morgan fingerprint density at radius 2 is 1.50 bits per heavy atom. The number of likely N-dealkylation sites (tertiary alicyclic amines) is 1. The van der Waals surface area contributed by atoms with E-state index in [1.807, 2.05) is 39.5 Å². The quantitative estimate of drug-likeness (QED) is 0.342. The van der Waals surface area contributed by atoms with Crippen LogP contribution in [0.1, 0.15) is 97.0 Å². The van der Waals surface area contributed by atoms with Crippen LogP contribution in [0.15, 0.2) is 54.6 Å². The maximum absolute atomic E-state index is 13.7. The molecule has 0 spiro atoms. The molecule has 6 rings (SSSR count). The molecular formula is C37H51N5O2. The van der Waals surface area contributed by atoms with Crippen LogP contribution in [0.3, 0.4) is 0 Å². The van der Waals surface area contributed by atoms with Crippen molar-refractivity contribution in [2.45, 2.75) is 116 Å². The Kier molecular flexibility index (Phi) is 8.14. The second kappa shape index (κ2) is 11.6. The highest BCUT2D eigenvalue weighted by atomic mass is 16.2. The number of piperidine rings is 2. The number of amides is 2. The fourth-order valence-electron chi connectivity index (χ4n) is 8.32. The van der Waals surface area contributed by atoms with Crippen molar-refractivity contribution in [3.63, 3.8) is 0 Å². The number of aryl methyl sites for hydroxylation is 1. The molecule has 3 aromatic rings. The second-order valence-corrected chi connectivity index (χ2v) is 15.3. The number of fused-ring (bicyclic) bond motifs is 3. The van der Waals surface area contributed by atoms with E-state index in [4.69, 9.17) is 4.98 Å². The van der Waals surface area contributed by atoms with Crippen LogP contribution in [0.4, 0.5) is 0 Å². The van der Waals surface area contributed by atoms with Crippen LogP contribution < -0.4 is 5.32 Å². The SMILES string of the molecule is Cc1nc2ccccc2n1C1C[C@H]2CC[C@@H](C1)N2CCC1(c2ccccc2)CCN(C(=O)C(C)(C)NC(=O)C(C)(C)C)CC1. The summed E-state index contributed by atoms with van der Waals surface area (Å²) in [5.41, 5.74) is 2.35. The van der Waals surface area contributed by atoms with Crippen molar-refractivity contribution in [3.05, 3.63) is 66.0 Å². The lowest BCUT2D eigenvalue weighted by Gasteiger charge is -2.46. The van der Waals surface area contributed by atoms with Gasteiger partial charge in [0.15, 0.2) is 0 Å². The summed E-state index contributed by atoms with van der Waals surface area (Å²) in [5.74, 6) is 1.05. The highest BCUT2D eigenvalue weighted by Gasteiger charge is 2.45. The van der Waals surface area contributed by atoms with Gasteiger partial charge in [0.25, 0.3) is 0 Å². The molecule has 1 N–H and O–H groups in total. The fourth-order valence-corrected chi connectivity index (χ4v) is 8.32. The Morgan fingerprint density at radius 1 is 0.886 bits per heavy atom. The Morgan fingerprint density at radius 3 is 2.14 bits per heavy atom. The maximum Gasteiger partial charge on any atom is 0.247 e. The zero-order chi connectivity index (χ0) is 31.3. The zero-order valence-electron chi connectivity index (χ0n) is 27.6. The van der Waals surface area contributed by atoms with Gasteiger partial charge in [0.05, 0.1) is 11.0 Å². The van der Waals surface area contributed by atoms with E-state index in [0.717, 1.165) is 37.1 Å². The number of nitrogens with one attached hydrogen (secondary N) is 1. The van der Waals surface area contributed by atoms with Gasteiger partial charge >= 0.3 is 0 Å². The van der Waals surface area contributed by atoms with Crippen LogP contribution >= 0.6 is 0 Å². The summed E-state index contributed by atoms with van der Waals surface area (Å²) < 4.78 is 2.52. The molecule has 1 aromatic heterocycles. The largest absolute Gasteiger partial charge is 0.342 e. The summed E-state index contributed by atoms with van der Waals surface area (Å²) in [6.07, 6.45) is 7.93. The molecule has 3 saturated heterocycles. The molecule has 0 saturated carbocycles. The van der Waals surface area contributed by atoms with Gasteiger partial charge in [-0.15, -0.1) is 0 Å². The molecule has 1 unspecified atom stereocenters. The molecule has 2 amide bonds. The van der Waals surface area contributed by atoms with E-state index in [2.05, 4.69) is 76.3 Å². The van der Waals surface area contributed by atoms with E-state index in [-0.39, 0.29) is 17.2 Å². The molecule has 0 radical (unpaired) electrons. The van der Waals surface area contributed by atoms with Crippen molar-refractivity contribution >= 4 is 22.8 Å². The first-order valence-corrected chi connectivity index (χ1v) is 16.7. The van der Waals surface area contributed by atoms with Crippen molar-refractivity contribution in [3.8, 4) is 0 Å². The first-order chi connectivity index (χ1) is 20.9. The Bertz CT molecular complexity index is 1480. The predicted molar refractivity (Wildman–Crippen MR) is 176 cm³/mol. The molecule has 0 aliphatic carbocycles. The van der Waals surface area contributed by atoms with E-state index < -0.39 is 11.0 Å². The van der Waals surface area contributed by atoms with Gasteiger partial charge in [-0.2, -0.15) is 0 Å². The molecule has 7 heteroatoms. The number of imidazole rings is 1. The molecule has 7 nitrogen and oxygen atoms in total. The lowest BCUT2D eigenvalue weighted by atomic mass is 9.70. The van der Waals surface area contributed by atoms with Crippen LogP contribution in [0.5, 0.6) is 0 Å². The third kappa shape index (κ3) is 5.80. The normalized spacial score (nSPS) is 24.0. The van der Waals surface area contributed by atoms with Gasteiger partial charge in [-0.05, 0) is 95.4 Å². The molecule has 3 fully saturated rings. The number of carbonyl (C=O) groups excluding carboxylic acids is 2. The number of rotatable bonds is 7. The highest BCUT2D eigenvalue weighted by molar-refractivity contribution is 5.92. The van der Waals surface area contributed by atoms with E-state index in [0.29, 0.717) is 31.2 Å². The van der Waals surface area contributed by atoms with Crippen LogP contribution in [0.25, 0.3) is 11.0 Å². The van der Waals surface area contributed by atoms with Gasteiger partial charge in [0.2, 0.25) is 11.8 Å². The molecule has 2 aromatic carbocycles. The summed E-state index contributed by atoms with van der Waals surface area (Å²) in [6.45, 7) is 14.0. The molecule has 3 atom stereocenters. The lowest BCUT2D eigenvalue weighted by molar-refractivity contribution is -0.143. The van der Waals surface area contributed by atoms with Crippen LogP contribution in [-0.4, -0.2) is 68.4 Å².